The number of benzene rings is 2. The number of nitrogens with zero attached hydrogens (tertiary/aromatic N) is 1. The van der Waals surface area contributed by atoms with Crippen LogP contribution < -0.4 is 4.90 Å². The quantitative estimate of drug-likeness (QED) is 0.799. The predicted octanol–water partition coefficient (Wildman–Crippen LogP) is 2.95. The molecule has 2 aromatic carbocycles. The van der Waals surface area contributed by atoms with Gasteiger partial charge in [-0.05, 0) is 58.5 Å². The number of fused-ring (bicyclic) bond motifs is 1. The van der Waals surface area contributed by atoms with Crippen molar-refractivity contribution in [1.29, 1.82) is 0 Å². The van der Waals surface area contributed by atoms with Crippen LogP contribution in [0.4, 0.5) is 5.69 Å². The summed E-state index contributed by atoms with van der Waals surface area (Å²) < 4.78 is 1.03. The highest BCUT2D eigenvalue weighted by molar-refractivity contribution is 14.1. The van der Waals surface area contributed by atoms with Crippen LogP contribution in [0.3, 0.4) is 0 Å². The summed E-state index contributed by atoms with van der Waals surface area (Å²) in [5.41, 5.74) is 2.08. The van der Waals surface area contributed by atoms with E-state index in [1.54, 1.807) is 18.2 Å². The number of carboxylic acid groups (broad SMARTS) is 1. The number of aliphatic carboxylic acids is 1. The Morgan fingerprint density at radius 1 is 1.10 bits per heavy atom. The van der Waals surface area contributed by atoms with Gasteiger partial charge in [-0.3, -0.25) is 9.69 Å². The number of anilines is 1. The molecule has 1 atom stereocenters. The molecular formula is C16H12INO3. The Hall–Kier alpha value is -1.89. The first-order chi connectivity index (χ1) is 10.1. The van der Waals surface area contributed by atoms with E-state index < -0.39 is 12.0 Å². The van der Waals surface area contributed by atoms with Crippen molar-refractivity contribution in [3.8, 4) is 0 Å². The third-order valence-corrected chi connectivity index (χ3v) is 4.29. The average molecular weight is 393 g/mol. The van der Waals surface area contributed by atoms with Crippen LogP contribution >= 0.6 is 22.6 Å². The summed E-state index contributed by atoms with van der Waals surface area (Å²) in [4.78, 5) is 25.6. The third-order valence-electron chi connectivity index (χ3n) is 3.57. The summed E-state index contributed by atoms with van der Waals surface area (Å²) in [5.74, 6) is -1.26. The van der Waals surface area contributed by atoms with E-state index in [-0.39, 0.29) is 5.91 Å². The van der Waals surface area contributed by atoms with Gasteiger partial charge in [-0.15, -0.1) is 0 Å². The van der Waals surface area contributed by atoms with Gasteiger partial charge in [0.2, 0.25) is 0 Å². The number of para-hydroxylation sites is 1. The number of carbonyl (C=O) groups is 2. The van der Waals surface area contributed by atoms with Crippen molar-refractivity contribution in [2.24, 2.45) is 0 Å². The van der Waals surface area contributed by atoms with E-state index >= 15 is 0 Å². The van der Waals surface area contributed by atoms with Crippen LogP contribution in [0.15, 0.2) is 48.5 Å². The Kier molecular flexibility index (Phi) is 3.67. The van der Waals surface area contributed by atoms with Crippen molar-refractivity contribution in [1.82, 2.24) is 0 Å². The van der Waals surface area contributed by atoms with Gasteiger partial charge in [0, 0.05) is 21.2 Å². The molecule has 1 amide bonds. The molecule has 0 fully saturated rings. The maximum absolute atomic E-state index is 12.7. The number of amides is 1. The fraction of sp³-hybridized carbons (Fsp3) is 0.125. The molecule has 4 nitrogen and oxygen atoms in total. The topological polar surface area (TPSA) is 57.6 Å². The number of hydrogen-bond acceptors (Lipinski definition) is 2. The first-order valence-electron chi connectivity index (χ1n) is 6.48. The second-order valence-electron chi connectivity index (χ2n) is 4.87. The van der Waals surface area contributed by atoms with E-state index in [4.69, 9.17) is 0 Å². The minimum Gasteiger partial charge on any atom is -0.480 e. The Morgan fingerprint density at radius 3 is 2.43 bits per heavy atom. The molecule has 2 aromatic rings. The summed E-state index contributed by atoms with van der Waals surface area (Å²) in [5, 5.41) is 9.40. The molecule has 1 aliphatic rings. The largest absolute Gasteiger partial charge is 0.480 e. The Bertz CT molecular complexity index is 712. The van der Waals surface area contributed by atoms with Crippen LogP contribution in [0.1, 0.15) is 15.9 Å². The van der Waals surface area contributed by atoms with Crippen molar-refractivity contribution in [3.05, 3.63) is 63.2 Å². The molecular weight excluding hydrogens is 381 g/mol. The fourth-order valence-electron chi connectivity index (χ4n) is 2.57. The third kappa shape index (κ3) is 2.53. The van der Waals surface area contributed by atoms with Gasteiger partial charge in [0.05, 0.1) is 0 Å². The minimum absolute atomic E-state index is 0.274. The molecule has 3 rings (SSSR count). The molecule has 1 aliphatic heterocycles. The molecule has 0 saturated heterocycles. The molecule has 0 aliphatic carbocycles. The zero-order valence-corrected chi connectivity index (χ0v) is 13.1. The van der Waals surface area contributed by atoms with Gasteiger partial charge in [-0.2, -0.15) is 0 Å². The lowest BCUT2D eigenvalue weighted by Crippen LogP contribution is -2.42. The maximum atomic E-state index is 12.7. The zero-order valence-electron chi connectivity index (χ0n) is 11.0. The molecule has 5 heteroatoms. The van der Waals surface area contributed by atoms with Gasteiger partial charge in [-0.1, -0.05) is 18.2 Å². The number of hydrogen-bond donors (Lipinski definition) is 1. The molecule has 106 valence electrons. The predicted molar refractivity (Wildman–Crippen MR) is 87.5 cm³/mol. The summed E-state index contributed by atoms with van der Waals surface area (Å²) >= 11 is 2.16. The minimum atomic E-state index is -0.981. The molecule has 1 heterocycles. The van der Waals surface area contributed by atoms with E-state index in [0.717, 1.165) is 9.13 Å². The van der Waals surface area contributed by atoms with E-state index in [9.17, 15) is 14.7 Å². The van der Waals surface area contributed by atoms with E-state index in [1.165, 1.54) is 4.90 Å². The summed E-state index contributed by atoms with van der Waals surface area (Å²) in [6.45, 7) is 0. The number of halogens is 1. The summed E-state index contributed by atoms with van der Waals surface area (Å²) in [6.07, 6.45) is 0.349. The van der Waals surface area contributed by atoms with Crippen molar-refractivity contribution in [2.75, 3.05) is 4.90 Å². The number of rotatable bonds is 2. The molecule has 1 N–H and O–H groups in total. The van der Waals surface area contributed by atoms with Crippen LogP contribution in [0.25, 0.3) is 0 Å². The highest BCUT2D eigenvalue weighted by Crippen LogP contribution is 2.33. The van der Waals surface area contributed by atoms with E-state index in [1.807, 2.05) is 30.3 Å². The first-order valence-corrected chi connectivity index (χ1v) is 7.55. The van der Waals surface area contributed by atoms with E-state index in [0.29, 0.717) is 17.7 Å². The lowest BCUT2D eigenvalue weighted by Gasteiger charge is -2.22. The lowest BCUT2D eigenvalue weighted by atomic mass is 10.1. The van der Waals surface area contributed by atoms with Crippen LogP contribution in [0, 0.1) is 3.57 Å². The van der Waals surface area contributed by atoms with Gasteiger partial charge in [-0.25, -0.2) is 4.79 Å². The Balaban J connectivity index is 2.03. The van der Waals surface area contributed by atoms with Crippen molar-refractivity contribution in [2.45, 2.75) is 12.5 Å². The van der Waals surface area contributed by atoms with Gasteiger partial charge in [0.1, 0.15) is 6.04 Å². The molecule has 0 bridgehead atoms. The van der Waals surface area contributed by atoms with Crippen LogP contribution in [0.2, 0.25) is 0 Å². The van der Waals surface area contributed by atoms with Gasteiger partial charge < -0.3 is 5.11 Å². The highest BCUT2D eigenvalue weighted by atomic mass is 127. The van der Waals surface area contributed by atoms with Gasteiger partial charge >= 0.3 is 5.97 Å². The fourth-order valence-corrected chi connectivity index (χ4v) is 2.93. The standard InChI is InChI=1S/C16H12INO3/c17-12-7-5-10(6-8-12)15(19)18-13-4-2-1-3-11(13)9-14(18)16(20)21/h1-8,14H,9H2,(H,20,21)/t14-/m0/s1. The Morgan fingerprint density at radius 2 is 1.76 bits per heavy atom. The molecule has 0 radical (unpaired) electrons. The molecule has 0 aromatic heterocycles. The molecule has 0 saturated carbocycles. The van der Waals surface area contributed by atoms with Crippen LogP contribution in [0.5, 0.6) is 0 Å². The maximum Gasteiger partial charge on any atom is 0.327 e. The van der Waals surface area contributed by atoms with E-state index in [2.05, 4.69) is 22.6 Å². The normalized spacial score (nSPS) is 16.6. The van der Waals surface area contributed by atoms with Crippen LogP contribution in [-0.4, -0.2) is 23.0 Å². The molecule has 0 unspecified atom stereocenters. The van der Waals surface area contributed by atoms with Crippen molar-refractivity contribution in [3.63, 3.8) is 0 Å². The zero-order chi connectivity index (χ0) is 15.0. The van der Waals surface area contributed by atoms with Gasteiger partial charge in [0.25, 0.3) is 5.91 Å². The monoisotopic (exact) mass is 393 g/mol. The average Bonchev–Trinajstić information content (AvgIpc) is 2.87. The second-order valence-corrected chi connectivity index (χ2v) is 6.11. The molecule has 0 spiro atoms. The number of carboxylic acids is 1. The lowest BCUT2D eigenvalue weighted by molar-refractivity contribution is -0.138. The second kappa shape index (κ2) is 5.48. The SMILES string of the molecule is O=C(O)[C@@H]1Cc2ccccc2N1C(=O)c1ccc(I)cc1. The summed E-state index contributed by atoms with van der Waals surface area (Å²) in [7, 11) is 0. The van der Waals surface area contributed by atoms with Crippen molar-refractivity contribution < 1.29 is 14.7 Å². The highest BCUT2D eigenvalue weighted by Gasteiger charge is 2.38. The van der Waals surface area contributed by atoms with Crippen molar-refractivity contribution >= 4 is 40.2 Å². The first kappa shape index (κ1) is 14.1. The number of carbonyl (C=O) groups excluding carboxylic acids is 1. The van der Waals surface area contributed by atoms with Crippen LogP contribution in [-0.2, 0) is 11.2 Å². The smallest absolute Gasteiger partial charge is 0.327 e. The Labute approximate surface area is 135 Å². The van der Waals surface area contributed by atoms with Gasteiger partial charge in [0.15, 0.2) is 0 Å². The summed E-state index contributed by atoms with van der Waals surface area (Å²) in [6, 6.07) is 13.6. The molecule has 21 heavy (non-hydrogen) atoms.